The molecule has 1 saturated heterocycles. The average molecular weight is 286 g/mol. The highest BCUT2D eigenvalue weighted by atomic mass is 79.9. The number of aromatic hydroxyl groups is 1. The molecule has 0 radical (unpaired) electrons. The number of ether oxygens (including phenoxy) is 1. The molecule has 2 rings (SSSR count). The fourth-order valence-electron chi connectivity index (χ4n) is 1.88. The van der Waals surface area contributed by atoms with Crippen molar-refractivity contribution >= 4 is 15.9 Å². The maximum absolute atomic E-state index is 9.20. The zero-order valence-electron chi connectivity index (χ0n) is 9.10. The smallest absolute Gasteiger partial charge is 0.115 e. The van der Waals surface area contributed by atoms with Crippen molar-refractivity contribution in [3.63, 3.8) is 0 Å². The van der Waals surface area contributed by atoms with Crippen LogP contribution in [0.15, 0.2) is 24.3 Å². The van der Waals surface area contributed by atoms with E-state index in [0.717, 1.165) is 31.6 Å². The van der Waals surface area contributed by atoms with Crippen LogP contribution in [0.2, 0.25) is 0 Å². The molecule has 0 amide bonds. The third-order valence-corrected chi connectivity index (χ3v) is 3.46. The number of phenols is 1. The number of morpholine rings is 1. The number of nitrogens with zero attached hydrogens (tertiary/aromatic N) is 1. The Balaban J connectivity index is 1.91. The fraction of sp³-hybridized carbons (Fsp3) is 0.500. The summed E-state index contributed by atoms with van der Waals surface area (Å²) in [7, 11) is 0. The summed E-state index contributed by atoms with van der Waals surface area (Å²) in [5.74, 6) is 0.323. The van der Waals surface area contributed by atoms with Crippen molar-refractivity contribution < 1.29 is 9.84 Å². The Morgan fingerprint density at radius 3 is 2.81 bits per heavy atom. The van der Waals surface area contributed by atoms with Gasteiger partial charge in [0.2, 0.25) is 0 Å². The van der Waals surface area contributed by atoms with Gasteiger partial charge in [0, 0.05) is 25.0 Å². The van der Waals surface area contributed by atoms with Gasteiger partial charge in [-0.25, -0.2) is 0 Å². The maximum atomic E-state index is 9.20. The van der Waals surface area contributed by atoms with E-state index in [9.17, 15) is 5.11 Å². The molecule has 1 N–H and O–H groups in total. The Labute approximate surface area is 104 Å². The van der Waals surface area contributed by atoms with Gasteiger partial charge in [-0.2, -0.15) is 0 Å². The van der Waals surface area contributed by atoms with Crippen molar-refractivity contribution in [2.24, 2.45) is 0 Å². The molecule has 0 saturated carbocycles. The lowest BCUT2D eigenvalue weighted by molar-refractivity contribution is -0.0181. The standard InChI is InChI=1S/C12H16BrNO2/c13-7-12-9-14(5-6-16-12)8-10-1-3-11(15)4-2-10/h1-4,12,15H,5-9H2. The Morgan fingerprint density at radius 1 is 1.38 bits per heavy atom. The number of benzene rings is 1. The van der Waals surface area contributed by atoms with Gasteiger partial charge in [0.15, 0.2) is 0 Å². The maximum Gasteiger partial charge on any atom is 0.115 e. The van der Waals surface area contributed by atoms with Gasteiger partial charge >= 0.3 is 0 Å². The van der Waals surface area contributed by atoms with E-state index in [-0.39, 0.29) is 0 Å². The summed E-state index contributed by atoms with van der Waals surface area (Å²) in [5, 5.41) is 10.1. The first-order valence-electron chi connectivity index (χ1n) is 5.46. The van der Waals surface area contributed by atoms with Crippen LogP contribution in [0, 0.1) is 0 Å². The molecule has 88 valence electrons. The van der Waals surface area contributed by atoms with E-state index < -0.39 is 0 Å². The molecule has 0 spiro atoms. The van der Waals surface area contributed by atoms with Gasteiger partial charge in [-0.15, -0.1) is 0 Å². The largest absolute Gasteiger partial charge is 0.508 e. The topological polar surface area (TPSA) is 32.7 Å². The van der Waals surface area contributed by atoms with Crippen LogP contribution in [0.1, 0.15) is 5.56 Å². The average Bonchev–Trinajstić information content (AvgIpc) is 2.32. The van der Waals surface area contributed by atoms with Crippen LogP contribution in [0.25, 0.3) is 0 Å². The van der Waals surface area contributed by atoms with E-state index in [4.69, 9.17) is 4.74 Å². The predicted octanol–water partition coefficient (Wildman–Crippen LogP) is 1.99. The molecule has 1 unspecified atom stereocenters. The van der Waals surface area contributed by atoms with Crippen LogP contribution in [0.4, 0.5) is 0 Å². The summed E-state index contributed by atoms with van der Waals surface area (Å²) in [5.41, 5.74) is 1.23. The predicted molar refractivity (Wildman–Crippen MR) is 66.9 cm³/mol. The van der Waals surface area contributed by atoms with Crippen LogP contribution >= 0.6 is 15.9 Å². The number of hydrogen-bond donors (Lipinski definition) is 1. The zero-order chi connectivity index (χ0) is 11.4. The number of alkyl halides is 1. The van der Waals surface area contributed by atoms with Crippen LogP contribution in [-0.2, 0) is 11.3 Å². The minimum atomic E-state index is 0.297. The van der Waals surface area contributed by atoms with E-state index in [2.05, 4.69) is 20.8 Å². The fourth-order valence-corrected chi connectivity index (χ4v) is 2.27. The number of halogens is 1. The third-order valence-electron chi connectivity index (χ3n) is 2.74. The molecule has 16 heavy (non-hydrogen) atoms. The highest BCUT2D eigenvalue weighted by Gasteiger charge is 2.19. The Kier molecular flexibility index (Phi) is 4.21. The van der Waals surface area contributed by atoms with Gasteiger partial charge in [0.25, 0.3) is 0 Å². The van der Waals surface area contributed by atoms with E-state index in [0.29, 0.717) is 11.9 Å². The second-order valence-electron chi connectivity index (χ2n) is 4.05. The number of hydrogen-bond acceptors (Lipinski definition) is 3. The summed E-state index contributed by atoms with van der Waals surface area (Å²) >= 11 is 3.45. The first kappa shape index (κ1) is 11.9. The normalized spacial score (nSPS) is 22.2. The first-order valence-corrected chi connectivity index (χ1v) is 6.58. The van der Waals surface area contributed by atoms with Crippen LogP contribution in [0.5, 0.6) is 5.75 Å². The van der Waals surface area contributed by atoms with E-state index >= 15 is 0 Å². The van der Waals surface area contributed by atoms with Crippen LogP contribution < -0.4 is 0 Å². The van der Waals surface area contributed by atoms with Gasteiger partial charge < -0.3 is 9.84 Å². The van der Waals surface area contributed by atoms with Crippen molar-refractivity contribution in [2.45, 2.75) is 12.6 Å². The van der Waals surface area contributed by atoms with Crippen molar-refractivity contribution in [3.05, 3.63) is 29.8 Å². The van der Waals surface area contributed by atoms with Crippen molar-refractivity contribution in [3.8, 4) is 5.75 Å². The summed E-state index contributed by atoms with van der Waals surface area (Å²) in [4.78, 5) is 2.38. The SMILES string of the molecule is Oc1ccc(CN2CCOC(CBr)C2)cc1. The van der Waals surface area contributed by atoms with Gasteiger partial charge in [-0.3, -0.25) is 4.90 Å². The quantitative estimate of drug-likeness (QED) is 0.863. The van der Waals surface area contributed by atoms with Crippen molar-refractivity contribution in [1.29, 1.82) is 0 Å². The Morgan fingerprint density at radius 2 is 2.12 bits per heavy atom. The van der Waals surface area contributed by atoms with Crippen LogP contribution in [0.3, 0.4) is 0 Å². The second kappa shape index (κ2) is 5.66. The lowest BCUT2D eigenvalue weighted by Gasteiger charge is -2.32. The van der Waals surface area contributed by atoms with E-state index in [1.54, 1.807) is 12.1 Å². The molecule has 0 bridgehead atoms. The molecule has 1 aromatic carbocycles. The lowest BCUT2D eigenvalue weighted by atomic mass is 10.2. The monoisotopic (exact) mass is 285 g/mol. The molecule has 1 aliphatic rings. The Hall–Kier alpha value is -0.580. The molecule has 1 heterocycles. The number of phenolic OH excluding ortho intramolecular Hbond substituents is 1. The van der Waals surface area contributed by atoms with Gasteiger partial charge in [-0.1, -0.05) is 28.1 Å². The molecule has 0 aliphatic carbocycles. The Bertz CT molecular complexity index is 328. The summed E-state index contributed by atoms with van der Waals surface area (Å²) < 4.78 is 5.59. The highest BCUT2D eigenvalue weighted by molar-refractivity contribution is 9.09. The molecular weight excluding hydrogens is 270 g/mol. The molecule has 4 heteroatoms. The number of rotatable bonds is 3. The van der Waals surface area contributed by atoms with Crippen LogP contribution in [-0.4, -0.2) is 41.1 Å². The molecule has 3 nitrogen and oxygen atoms in total. The molecule has 1 aromatic rings. The minimum absolute atomic E-state index is 0.297. The molecule has 1 aliphatic heterocycles. The van der Waals surface area contributed by atoms with Crippen molar-refractivity contribution in [1.82, 2.24) is 4.90 Å². The summed E-state index contributed by atoms with van der Waals surface area (Å²) in [6, 6.07) is 7.40. The van der Waals surface area contributed by atoms with Gasteiger partial charge in [-0.05, 0) is 17.7 Å². The van der Waals surface area contributed by atoms with Crippen molar-refractivity contribution in [2.75, 3.05) is 25.0 Å². The highest BCUT2D eigenvalue weighted by Crippen LogP contribution is 2.14. The molecule has 1 fully saturated rings. The van der Waals surface area contributed by atoms with Gasteiger partial charge in [0.1, 0.15) is 5.75 Å². The summed E-state index contributed by atoms with van der Waals surface area (Å²) in [6.45, 7) is 3.66. The van der Waals surface area contributed by atoms with E-state index in [1.807, 2.05) is 12.1 Å². The van der Waals surface area contributed by atoms with E-state index in [1.165, 1.54) is 5.56 Å². The zero-order valence-corrected chi connectivity index (χ0v) is 10.7. The molecular formula is C12H16BrNO2. The lowest BCUT2D eigenvalue weighted by Crippen LogP contribution is -2.42. The molecule has 0 aromatic heterocycles. The third kappa shape index (κ3) is 3.20. The molecule has 1 atom stereocenters. The second-order valence-corrected chi connectivity index (χ2v) is 4.70. The summed E-state index contributed by atoms with van der Waals surface area (Å²) in [6.07, 6.45) is 0.297. The first-order chi connectivity index (χ1) is 7.78. The minimum Gasteiger partial charge on any atom is -0.508 e. The van der Waals surface area contributed by atoms with Gasteiger partial charge in [0.05, 0.1) is 12.7 Å².